The zero-order valence-corrected chi connectivity index (χ0v) is 15.0. The molecule has 0 aliphatic rings. The van der Waals surface area contributed by atoms with Crippen molar-refractivity contribution in [2.24, 2.45) is 0 Å². The molecule has 2 aromatic carbocycles. The molecule has 4 heteroatoms. The third-order valence-electron chi connectivity index (χ3n) is 3.69. The van der Waals surface area contributed by atoms with Gasteiger partial charge in [-0.3, -0.25) is 9.63 Å². The highest BCUT2D eigenvalue weighted by molar-refractivity contribution is 9.10. The van der Waals surface area contributed by atoms with Crippen LogP contribution in [0.2, 0.25) is 0 Å². The minimum absolute atomic E-state index is 0.0310. The lowest BCUT2D eigenvalue weighted by Crippen LogP contribution is -2.29. The standard InChI is InChI=1S/C19H22BrNO2/c1-23-21(15-17-11-13-18(20)14-12-17)19(22)10-6-5-9-16-7-3-2-4-8-16/h2-4,7-8,11-14H,5-6,9-10,15H2,1H3. The van der Waals surface area contributed by atoms with Crippen LogP contribution in [-0.2, 0) is 22.6 Å². The van der Waals surface area contributed by atoms with Crippen LogP contribution in [0.5, 0.6) is 0 Å². The molecule has 0 N–H and O–H groups in total. The van der Waals surface area contributed by atoms with Gasteiger partial charge in [0.05, 0.1) is 13.7 Å². The summed E-state index contributed by atoms with van der Waals surface area (Å²) in [6.07, 6.45) is 3.39. The van der Waals surface area contributed by atoms with Crippen LogP contribution in [-0.4, -0.2) is 18.1 Å². The van der Waals surface area contributed by atoms with Crippen LogP contribution >= 0.6 is 15.9 Å². The van der Waals surface area contributed by atoms with Crippen molar-refractivity contribution in [1.82, 2.24) is 5.06 Å². The fourth-order valence-electron chi connectivity index (χ4n) is 2.38. The van der Waals surface area contributed by atoms with Crippen molar-refractivity contribution in [1.29, 1.82) is 0 Å². The number of carbonyl (C=O) groups excluding carboxylic acids is 1. The zero-order valence-electron chi connectivity index (χ0n) is 13.4. The molecule has 0 aromatic heterocycles. The van der Waals surface area contributed by atoms with Crippen molar-refractivity contribution in [2.75, 3.05) is 7.11 Å². The predicted octanol–water partition coefficient (Wildman–Crippen LogP) is 4.75. The van der Waals surface area contributed by atoms with Crippen LogP contribution in [0.1, 0.15) is 30.4 Å². The monoisotopic (exact) mass is 375 g/mol. The van der Waals surface area contributed by atoms with Gasteiger partial charge in [0.15, 0.2) is 0 Å². The molecule has 0 aliphatic heterocycles. The minimum Gasteiger partial charge on any atom is -0.274 e. The molecule has 2 rings (SSSR count). The van der Waals surface area contributed by atoms with Gasteiger partial charge in [0.2, 0.25) is 5.91 Å². The van der Waals surface area contributed by atoms with Crippen LogP contribution in [0.3, 0.4) is 0 Å². The Morgan fingerprint density at radius 1 is 1.00 bits per heavy atom. The molecule has 0 fully saturated rings. The van der Waals surface area contributed by atoms with Crippen LogP contribution < -0.4 is 0 Å². The van der Waals surface area contributed by atoms with E-state index in [0.717, 1.165) is 29.3 Å². The van der Waals surface area contributed by atoms with Gasteiger partial charge >= 0.3 is 0 Å². The number of unbranched alkanes of at least 4 members (excludes halogenated alkanes) is 1. The minimum atomic E-state index is 0.0310. The first-order chi connectivity index (χ1) is 11.2. The molecule has 23 heavy (non-hydrogen) atoms. The highest BCUT2D eigenvalue weighted by atomic mass is 79.9. The first-order valence-electron chi connectivity index (χ1n) is 7.82. The van der Waals surface area contributed by atoms with Crippen molar-refractivity contribution in [3.05, 3.63) is 70.2 Å². The molecule has 0 saturated carbocycles. The molecule has 1 amide bonds. The smallest absolute Gasteiger partial charge is 0.246 e. The fraction of sp³-hybridized carbons (Fsp3) is 0.316. The molecule has 0 unspecified atom stereocenters. The number of nitrogens with zero attached hydrogens (tertiary/aromatic N) is 1. The molecule has 0 saturated heterocycles. The molecule has 0 atom stereocenters. The molecule has 2 aromatic rings. The van der Waals surface area contributed by atoms with Crippen molar-refractivity contribution in [3.8, 4) is 0 Å². The predicted molar refractivity (Wildman–Crippen MR) is 95.7 cm³/mol. The molecular weight excluding hydrogens is 354 g/mol. The van der Waals surface area contributed by atoms with Crippen molar-refractivity contribution >= 4 is 21.8 Å². The Kier molecular flexibility index (Phi) is 7.30. The first-order valence-corrected chi connectivity index (χ1v) is 8.61. The van der Waals surface area contributed by atoms with Crippen LogP contribution in [0.15, 0.2) is 59.1 Å². The summed E-state index contributed by atoms with van der Waals surface area (Å²) in [5, 5.41) is 1.44. The fourth-order valence-corrected chi connectivity index (χ4v) is 2.65. The normalized spacial score (nSPS) is 10.5. The summed E-state index contributed by atoms with van der Waals surface area (Å²) in [7, 11) is 1.54. The SMILES string of the molecule is CON(Cc1ccc(Br)cc1)C(=O)CCCCc1ccccc1. The maximum atomic E-state index is 12.2. The Bertz CT molecular complexity index is 599. The van der Waals surface area contributed by atoms with Crippen molar-refractivity contribution in [2.45, 2.75) is 32.2 Å². The summed E-state index contributed by atoms with van der Waals surface area (Å²) < 4.78 is 1.03. The third kappa shape index (κ3) is 6.16. The van der Waals surface area contributed by atoms with Gasteiger partial charge in [-0.05, 0) is 42.5 Å². The van der Waals surface area contributed by atoms with Gasteiger partial charge in [-0.1, -0.05) is 58.4 Å². The lowest BCUT2D eigenvalue weighted by molar-refractivity contribution is -0.179. The largest absolute Gasteiger partial charge is 0.274 e. The van der Waals surface area contributed by atoms with Crippen LogP contribution in [0.25, 0.3) is 0 Å². The topological polar surface area (TPSA) is 29.5 Å². The third-order valence-corrected chi connectivity index (χ3v) is 4.22. The quantitative estimate of drug-likeness (QED) is 0.492. The lowest BCUT2D eigenvalue weighted by atomic mass is 10.1. The number of amides is 1. The molecule has 0 heterocycles. The van der Waals surface area contributed by atoms with Gasteiger partial charge in [-0.25, -0.2) is 5.06 Å². The number of benzene rings is 2. The van der Waals surface area contributed by atoms with Gasteiger partial charge in [0.1, 0.15) is 0 Å². The Morgan fingerprint density at radius 2 is 1.70 bits per heavy atom. The summed E-state index contributed by atoms with van der Waals surface area (Å²) in [4.78, 5) is 17.5. The summed E-state index contributed by atoms with van der Waals surface area (Å²) in [6.45, 7) is 0.474. The molecule has 122 valence electrons. The molecule has 0 bridgehead atoms. The van der Waals surface area contributed by atoms with Crippen LogP contribution in [0, 0.1) is 0 Å². The van der Waals surface area contributed by atoms with Gasteiger partial charge in [-0.15, -0.1) is 0 Å². The number of rotatable bonds is 8. The van der Waals surface area contributed by atoms with E-state index in [9.17, 15) is 4.79 Å². The zero-order chi connectivity index (χ0) is 16.5. The Hall–Kier alpha value is -1.65. The van der Waals surface area contributed by atoms with Gasteiger partial charge < -0.3 is 0 Å². The van der Waals surface area contributed by atoms with Crippen LogP contribution in [0.4, 0.5) is 0 Å². The van der Waals surface area contributed by atoms with E-state index < -0.39 is 0 Å². The molecule has 0 aliphatic carbocycles. The average Bonchev–Trinajstić information content (AvgIpc) is 2.59. The second-order valence-electron chi connectivity index (χ2n) is 5.43. The number of hydrogen-bond acceptors (Lipinski definition) is 2. The van der Waals surface area contributed by atoms with E-state index in [2.05, 4.69) is 28.1 Å². The van der Waals surface area contributed by atoms with E-state index in [4.69, 9.17) is 4.84 Å². The van der Waals surface area contributed by atoms with E-state index in [-0.39, 0.29) is 5.91 Å². The number of carbonyl (C=O) groups is 1. The van der Waals surface area contributed by atoms with E-state index >= 15 is 0 Å². The summed E-state index contributed by atoms with van der Waals surface area (Å²) >= 11 is 3.41. The Balaban J connectivity index is 1.75. The summed E-state index contributed by atoms with van der Waals surface area (Å²) in [5.41, 5.74) is 2.37. The van der Waals surface area contributed by atoms with E-state index in [0.29, 0.717) is 13.0 Å². The van der Waals surface area contributed by atoms with Gasteiger partial charge in [0.25, 0.3) is 0 Å². The average molecular weight is 376 g/mol. The maximum Gasteiger partial charge on any atom is 0.246 e. The highest BCUT2D eigenvalue weighted by Gasteiger charge is 2.13. The van der Waals surface area contributed by atoms with Gasteiger partial charge in [-0.2, -0.15) is 0 Å². The van der Waals surface area contributed by atoms with Crippen molar-refractivity contribution in [3.63, 3.8) is 0 Å². The van der Waals surface area contributed by atoms with Gasteiger partial charge in [0, 0.05) is 10.9 Å². The Morgan fingerprint density at radius 3 is 2.35 bits per heavy atom. The highest BCUT2D eigenvalue weighted by Crippen LogP contribution is 2.14. The molecule has 0 radical (unpaired) electrons. The second-order valence-corrected chi connectivity index (χ2v) is 6.35. The van der Waals surface area contributed by atoms with E-state index in [1.165, 1.54) is 10.6 Å². The molecule has 0 spiro atoms. The molecule has 3 nitrogen and oxygen atoms in total. The number of halogens is 1. The molecular formula is C19H22BrNO2. The first kappa shape index (κ1) is 17.7. The summed E-state index contributed by atoms with van der Waals surface area (Å²) in [5.74, 6) is 0.0310. The lowest BCUT2D eigenvalue weighted by Gasteiger charge is -2.19. The number of hydroxylamine groups is 2. The van der Waals surface area contributed by atoms with E-state index in [1.54, 1.807) is 7.11 Å². The second kappa shape index (κ2) is 9.48. The van der Waals surface area contributed by atoms with Crippen molar-refractivity contribution < 1.29 is 9.63 Å². The summed E-state index contributed by atoms with van der Waals surface area (Å²) in [6, 6.07) is 18.3. The number of hydrogen-bond donors (Lipinski definition) is 0. The maximum absolute atomic E-state index is 12.2. The number of aryl methyl sites for hydroxylation is 1. The Labute approximate surface area is 146 Å². The van der Waals surface area contributed by atoms with E-state index in [1.807, 2.05) is 42.5 Å².